The average molecular weight is 561 g/mol. The number of sulfonamides is 1. The molecule has 39 heavy (non-hydrogen) atoms. The van der Waals surface area contributed by atoms with Gasteiger partial charge in [0.1, 0.15) is 17.3 Å². The Hall–Kier alpha value is -3.33. The first-order chi connectivity index (χ1) is 18.7. The van der Waals surface area contributed by atoms with Crippen LogP contribution in [0, 0.1) is 5.92 Å². The number of nitrogens with zero attached hydrogens (tertiary/aromatic N) is 5. The first-order valence-electron chi connectivity index (χ1n) is 12.8. The van der Waals surface area contributed by atoms with E-state index in [4.69, 9.17) is 24.3 Å². The maximum atomic E-state index is 12.9. The van der Waals surface area contributed by atoms with Gasteiger partial charge in [-0.05, 0) is 18.4 Å². The zero-order valence-electron chi connectivity index (χ0n) is 22.1. The number of rotatable bonds is 8. The molecule has 5 rings (SSSR count). The third kappa shape index (κ3) is 6.30. The second-order valence-electron chi connectivity index (χ2n) is 9.90. The topological polar surface area (TPSA) is 147 Å². The molecule has 2 saturated heterocycles. The second-order valence-corrected chi connectivity index (χ2v) is 11.7. The molecule has 1 N–H and O–H groups in total. The van der Waals surface area contributed by atoms with Gasteiger partial charge >= 0.3 is 0 Å². The van der Waals surface area contributed by atoms with Crippen molar-refractivity contribution in [3.05, 3.63) is 35.8 Å². The fraction of sp³-hybridized carbons (Fsp3) is 0.520. The van der Waals surface area contributed by atoms with Crippen LogP contribution >= 0.6 is 0 Å². The van der Waals surface area contributed by atoms with Crippen LogP contribution < -0.4 is 14.4 Å². The summed E-state index contributed by atoms with van der Waals surface area (Å²) in [6, 6.07) is 5.19. The summed E-state index contributed by atoms with van der Waals surface area (Å²) in [4.78, 5) is 34.2. The molecule has 0 aromatic carbocycles. The van der Waals surface area contributed by atoms with Crippen molar-refractivity contribution in [2.75, 3.05) is 57.3 Å². The molecule has 13 nitrogen and oxygen atoms in total. The number of morpholine rings is 1. The van der Waals surface area contributed by atoms with Crippen LogP contribution in [0.3, 0.4) is 0 Å². The maximum Gasteiger partial charge on any atom is 0.283 e. The van der Waals surface area contributed by atoms with E-state index in [9.17, 15) is 13.2 Å². The SMILES string of the molecule is CC(C)c1nn(-c2ccnc(N3CCOCC3)c2)c2nc(C(=O)NS(C)(=O)=O)cc(OCC3CCOOC3)c12. The van der Waals surface area contributed by atoms with E-state index in [1.54, 1.807) is 10.9 Å². The summed E-state index contributed by atoms with van der Waals surface area (Å²) in [7, 11) is -3.81. The molecule has 0 aliphatic carbocycles. The van der Waals surface area contributed by atoms with Crippen molar-refractivity contribution < 1.29 is 32.5 Å². The van der Waals surface area contributed by atoms with Gasteiger partial charge in [0.15, 0.2) is 5.65 Å². The molecule has 2 fully saturated rings. The molecular weight excluding hydrogens is 528 g/mol. The summed E-state index contributed by atoms with van der Waals surface area (Å²) in [5.41, 5.74) is 1.69. The van der Waals surface area contributed by atoms with E-state index in [2.05, 4.69) is 14.9 Å². The molecule has 2 aliphatic rings. The van der Waals surface area contributed by atoms with E-state index in [1.807, 2.05) is 30.7 Å². The lowest BCUT2D eigenvalue weighted by atomic mass is 10.1. The molecule has 1 amide bonds. The van der Waals surface area contributed by atoms with Crippen LogP contribution in [0.4, 0.5) is 5.82 Å². The number of aromatic nitrogens is 4. The Morgan fingerprint density at radius 1 is 1.21 bits per heavy atom. The van der Waals surface area contributed by atoms with E-state index in [1.165, 1.54) is 6.07 Å². The number of fused-ring (bicyclic) bond motifs is 1. The molecule has 0 radical (unpaired) electrons. The third-order valence-electron chi connectivity index (χ3n) is 6.47. The molecule has 14 heteroatoms. The van der Waals surface area contributed by atoms with Crippen LogP contribution in [-0.2, 0) is 24.5 Å². The molecule has 5 heterocycles. The zero-order chi connectivity index (χ0) is 27.6. The molecule has 2 aliphatic heterocycles. The molecule has 3 aromatic heterocycles. The lowest BCUT2D eigenvalue weighted by molar-refractivity contribution is -0.325. The predicted octanol–water partition coefficient (Wildman–Crippen LogP) is 1.81. The summed E-state index contributed by atoms with van der Waals surface area (Å²) in [5, 5.41) is 5.54. The van der Waals surface area contributed by atoms with Crippen molar-refractivity contribution in [3.8, 4) is 11.4 Å². The Kier molecular flexibility index (Phi) is 7.98. The van der Waals surface area contributed by atoms with E-state index in [0.717, 1.165) is 37.3 Å². The zero-order valence-corrected chi connectivity index (χ0v) is 22.9. The van der Waals surface area contributed by atoms with Crippen LogP contribution in [0.2, 0.25) is 0 Å². The minimum absolute atomic E-state index is 0.000519. The minimum Gasteiger partial charge on any atom is -0.492 e. The van der Waals surface area contributed by atoms with Crippen molar-refractivity contribution in [2.45, 2.75) is 26.2 Å². The Morgan fingerprint density at radius 3 is 2.69 bits per heavy atom. The highest BCUT2D eigenvalue weighted by Gasteiger charge is 2.26. The summed E-state index contributed by atoms with van der Waals surface area (Å²) >= 11 is 0. The molecule has 0 bridgehead atoms. The van der Waals surface area contributed by atoms with Gasteiger partial charge < -0.3 is 14.4 Å². The molecule has 0 spiro atoms. The number of carbonyl (C=O) groups excluding carboxylic acids is 1. The van der Waals surface area contributed by atoms with Gasteiger partial charge in [-0.1, -0.05) is 13.8 Å². The third-order valence-corrected chi connectivity index (χ3v) is 7.02. The average Bonchev–Trinajstić information content (AvgIpc) is 3.32. The highest BCUT2D eigenvalue weighted by atomic mass is 32.2. The van der Waals surface area contributed by atoms with Crippen LogP contribution in [0.15, 0.2) is 24.4 Å². The summed E-state index contributed by atoms with van der Waals surface area (Å²) < 4.78 is 39.0. The Morgan fingerprint density at radius 2 is 2.00 bits per heavy atom. The van der Waals surface area contributed by atoms with Crippen molar-refractivity contribution in [1.82, 2.24) is 24.5 Å². The van der Waals surface area contributed by atoms with Gasteiger partial charge in [0.25, 0.3) is 5.91 Å². The second kappa shape index (κ2) is 11.4. The number of ether oxygens (including phenoxy) is 2. The first-order valence-corrected chi connectivity index (χ1v) is 14.7. The number of pyridine rings is 2. The molecule has 210 valence electrons. The van der Waals surface area contributed by atoms with Gasteiger partial charge in [-0.25, -0.2) is 37.6 Å². The van der Waals surface area contributed by atoms with Crippen LogP contribution in [0.25, 0.3) is 16.7 Å². The minimum atomic E-state index is -3.81. The first kappa shape index (κ1) is 27.2. The van der Waals surface area contributed by atoms with Gasteiger partial charge in [0.05, 0.1) is 56.1 Å². The van der Waals surface area contributed by atoms with Crippen molar-refractivity contribution in [1.29, 1.82) is 0 Å². The standard InChI is InChI=1S/C25H32N6O7S/c1-16(2)23-22-20(36-14-17-5-9-37-38-15-17)13-19(25(32)29-39(3,33)34)27-24(22)31(28-23)18-4-6-26-21(12-18)30-7-10-35-11-8-30/h4,6,12-13,16-17H,5,7-11,14-15H2,1-3H3,(H,29,32). The maximum absolute atomic E-state index is 12.9. The molecule has 1 unspecified atom stereocenters. The molecule has 1 atom stereocenters. The number of hydrogen-bond donors (Lipinski definition) is 1. The lowest BCUT2D eigenvalue weighted by Crippen LogP contribution is -2.36. The Labute approximate surface area is 226 Å². The van der Waals surface area contributed by atoms with E-state index in [0.29, 0.717) is 55.5 Å². The number of carbonyl (C=O) groups is 1. The van der Waals surface area contributed by atoms with Crippen LogP contribution in [0.5, 0.6) is 5.75 Å². The van der Waals surface area contributed by atoms with Crippen molar-refractivity contribution in [2.24, 2.45) is 5.92 Å². The Balaban J connectivity index is 1.62. The normalized spacial score (nSPS) is 18.5. The van der Waals surface area contributed by atoms with Gasteiger partial charge in [0.2, 0.25) is 10.0 Å². The quantitative estimate of drug-likeness (QED) is 0.402. The number of hydrogen-bond acceptors (Lipinski definition) is 11. The monoisotopic (exact) mass is 560 g/mol. The van der Waals surface area contributed by atoms with Gasteiger partial charge in [-0.3, -0.25) is 4.79 Å². The smallest absolute Gasteiger partial charge is 0.283 e. The fourth-order valence-corrected chi connectivity index (χ4v) is 4.93. The highest BCUT2D eigenvalue weighted by Crippen LogP contribution is 2.35. The van der Waals surface area contributed by atoms with Crippen LogP contribution in [0.1, 0.15) is 42.4 Å². The van der Waals surface area contributed by atoms with Gasteiger partial charge in [-0.15, -0.1) is 0 Å². The van der Waals surface area contributed by atoms with Crippen LogP contribution in [-0.4, -0.2) is 86.5 Å². The van der Waals surface area contributed by atoms with Crippen molar-refractivity contribution in [3.63, 3.8) is 0 Å². The summed E-state index contributed by atoms with van der Waals surface area (Å²) in [5.74, 6) is 0.390. The predicted molar refractivity (Wildman–Crippen MR) is 142 cm³/mol. The summed E-state index contributed by atoms with van der Waals surface area (Å²) in [6.07, 6.45) is 3.37. The highest BCUT2D eigenvalue weighted by molar-refractivity contribution is 7.89. The Bertz CT molecular complexity index is 1450. The molecule has 3 aromatic rings. The number of nitrogens with one attached hydrogen (secondary N) is 1. The van der Waals surface area contributed by atoms with Gasteiger partial charge in [0, 0.05) is 37.3 Å². The largest absolute Gasteiger partial charge is 0.492 e. The number of amides is 1. The molecule has 0 saturated carbocycles. The van der Waals surface area contributed by atoms with Gasteiger partial charge in [-0.2, -0.15) is 5.10 Å². The lowest BCUT2D eigenvalue weighted by Gasteiger charge is -2.27. The van der Waals surface area contributed by atoms with Crippen molar-refractivity contribution >= 4 is 32.8 Å². The van der Waals surface area contributed by atoms with E-state index >= 15 is 0 Å². The summed E-state index contributed by atoms with van der Waals surface area (Å²) in [6.45, 7) is 7.86. The van der Waals surface area contributed by atoms with E-state index < -0.39 is 15.9 Å². The fourth-order valence-electron chi connectivity index (χ4n) is 4.49. The molecular formula is C25H32N6O7S. The number of anilines is 1. The van der Waals surface area contributed by atoms with E-state index in [-0.39, 0.29) is 17.5 Å².